The monoisotopic (exact) mass is 327 g/mol. The summed E-state index contributed by atoms with van der Waals surface area (Å²) in [7, 11) is 0. The Morgan fingerprint density at radius 2 is 1.67 bits per heavy atom. The van der Waals surface area contributed by atoms with Gasteiger partial charge in [-0.05, 0) is 29.8 Å². The van der Waals surface area contributed by atoms with Gasteiger partial charge in [0.25, 0.3) is 0 Å². The molecule has 0 radical (unpaired) electrons. The van der Waals surface area contributed by atoms with Crippen molar-refractivity contribution in [1.82, 2.24) is 9.97 Å². The Balaban J connectivity index is 1.64. The van der Waals surface area contributed by atoms with Crippen LogP contribution in [-0.2, 0) is 11.2 Å². The molecule has 0 saturated carbocycles. The second kappa shape index (κ2) is 5.34. The standard InChI is InChI=1S/C16H10FN3O4/c17-9-2-4-13-11(7-9)19-16(24-13)20-15-18-10-5-8(6-14(21)22)1-3-12(10)23-15/h1-5,7H,6H2,(H,21,22)(H,18,19,20). The number of anilines is 2. The molecule has 2 N–H and O–H groups in total. The van der Waals surface area contributed by atoms with E-state index in [2.05, 4.69) is 15.3 Å². The highest BCUT2D eigenvalue weighted by molar-refractivity contribution is 5.79. The first-order chi connectivity index (χ1) is 11.6. The van der Waals surface area contributed by atoms with E-state index in [1.165, 1.54) is 18.2 Å². The highest BCUT2D eigenvalue weighted by Crippen LogP contribution is 2.25. The van der Waals surface area contributed by atoms with E-state index in [-0.39, 0.29) is 18.5 Å². The third-order valence-electron chi connectivity index (χ3n) is 3.37. The summed E-state index contributed by atoms with van der Waals surface area (Å²) < 4.78 is 24.1. The maximum absolute atomic E-state index is 13.2. The third-order valence-corrected chi connectivity index (χ3v) is 3.37. The number of carboxylic acids is 1. The number of oxazole rings is 2. The van der Waals surface area contributed by atoms with Gasteiger partial charge >= 0.3 is 18.0 Å². The zero-order valence-corrected chi connectivity index (χ0v) is 12.1. The minimum Gasteiger partial charge on any atom is -0.481 e. The fourth-order valence-corrected chi connectivity index (χ4v) is 2.36. The Labute approximate surface area is 133 Å². The van der Waals surface area contributed by atoms with Crippen LogP contribution in [0.3, 0.4) is 0 Å². The molecule has 0 spiro atoms. The Bertz CT molecular complexity index is 1070. The molecule has 2 aromatic carbocycles. The van der Waals surface area contributed by atoms with Gasteiger partial charge in [-0.25, -0.2) is 4.39 Å². The number of carboxylic acid groups (broad SMARTS) is 1. The molecule has 0 fully saturated rings. The maximum atomic E-state index is 13.2. The van der Waals surface area contributed by atoms with Gasteiger partial charge in [-0.15, -0.1) is 0 Å². The summed E-state index contributed by atoms with van der Waals surface area (Å²) in [4.78, 5) is 19.1. The second-order valence-corrected chi connectivity index (χ2v) is 5.15. The summed E-state index contributed by atoms with van der Waals surface area (Å²) in [5.41, 5.74) is 2.43. The molecule has 0 aliphatic rings. The normalized spacial score (nSPS) is 11.2. The van der Waals surface area contributed by atoms with Crippen molar-refractivity contribution >= 4 is 40.2 Å². The van der Waals surface area contributed by atoms with Crippen LogP contribution in [0, 0.1) is 5.82 Å². The van der Waals surface area contributed by atoms with Gasteiger partial charge in [0.15, 0.2) is 11.2 Å². The molecule has 120 valence electrons. The molecule has 0 aliphatic carbocycles. The van der Waals surface area contributed by atoms with E-state index in [1.54, 1.807) is 18.2 Å². The van der Waals surface area contributed by atoms with Gasteiger partial charge in [0, 0.05) is 6.07 Å². The van der Waals surface area contributed by atoms with Crippen molar-refractivity contribution in [1.29, 1.82) is 0 Å². The summed E-state index contributed by atoms with van der Waals surface area (Å²) in [5, 5.41) is 11.6. The number of carbonyl (C=O) groups is 1. The number of hydrogen-bond acceptors (Lipinski definition) is 6. The van der Waals surface area contributed by atoms with Gasteiger partial charge in [0.2, 0.25) is 0 Å². The van der Waals surface area contributed by atoms with Crippen molar-refractivity contribution in [2.75, 3.05) is 5.32 Å². The Morgan fingerprint density at radius 3 is 2.33 bits per heavy atom. The van der Waals surface area contributed by atoms with Crippen molar-refractivity contribution in [2.45, 2.75) is 6.42 Å². The van der Waals surface area contributed by atoms with Crippen LogP contribution in [0.1, 0.15) is 5.56 Å². The molecule has 2 heterocycles. The SMILES string of the molecule is O=C(O)Cc1ccc2oc(Nc3nc4cc(F)ccc4o3)nc2c1. The van der Waals surface area contributed by atoms with E-state index in [0.717, 1.165) is 0 Å². The van der Waals surface area contributed by atoms with Gasteiger partial charge in [0.1, 0.15) is 16.9 Å². The fourth-order valence-electron chi connectivity index (χ4n) is 2.36. The Hall–Kier alpha value is -3.42. The zero-order valence-electron chi connectivity index (χ0n) is 12.1. The molecular weight excluding hydrogens is 317 g/mol. The average molecular weight is 327 g/mol. The summed E-state index contributed by atoms with van der Waals surface area (Å²) >= 11 is 0. The molecular formula is C16H10FN3O4. The summed E-state index contributed by atoms with van der Waals surface area (Å²) in [6.07, 6.45) is -0.0950. The summed E-state index contributed by atoms with van der Waals surface area (Å²) in [5.74, 6) is -1.33. The molecule has 7 nitrogen and oxygen atoms in total. The molecule has 0 aliphatic heterocycles. The summed E-state index contributed by atoms with van der Waals surface area (Å²) in [6, 6.07) is 9.22. The molecule has 24 heavy (non-hydrogen) atoms. The Morgan fingerprint density at radius 1 is 1.04 bits per heavy atom. The Kier molecular flexibility index (Phi) is 3.16. The van der Waals surface area contributed by atoms with Crippen LogP contribution in [0.2, 0.25) is 0 Å². The molecule has 4 aromatic rings. The minimum atomic E-state index is -0.921. The van der Waals surface area contributed by atoms with Gasteiger partial charge < -0.3 is 13.9 Å². The van der Waals surface area contributed by atoms with Crippen LogP contribution < -0.4 is 5.32 Å². The minimum absolute atomic E-state index is 0.0950. The number of rotatable bonds is 4. The fraction of sp³-hybridized carbons (Fsp3) is 0.0625. The molecule has 0 bridgehead atoms. The number of fused-ring (bicyclic) bond motifs is 2. The molecule has 2 aromatic heterocycles. The van der Waals surface area contributed by atoms with Crippen LogP contribution in [0.4, 0.5) is 16.4 Å². The van der Waals surface area contributed by atoms with Gasteiger partial charge in [0.05, 0.1) is 6.42 Å². The number of halogens is 1. The molecule has 8 heteroatoms. The molecule has 0 unspecified atom stereocenters. The van der Waals surface area contributed by atoms with E-state index in [4.69, 9.17) is 13.9 Å². The van der Waals surface area contributed by atoms with E-state index >= 15 is 0 Å². The maximum Gasteiger partial charge on any atom is 0.307 e. The van der Waals surface area contributed by atoms with E-state index in [1.807, 2.05) is 0 Å². The number of aromatic nitrogens is 2. The van der Waals surface area contributed by atoms with Crippen molar-refractivity contribution < 1.29 is 23.1 Å². The van der Waals surface area contributed by atoms with Crippen LogP contribution in [0.5, 0.6) is 0 Å². The highest BCUT2D eigenvalue weighted by Gasteiger charge is 2.12. The lowest BCUT2D eigenvalue weighted by atomic mass is 10.1. The highest BCUT2D eigenvalue weighted by atomic mass is 19.1. The lowest BCUT2D eigenvalue weighted by Crippen LogP contribution is -1.99. The molecule has 0 amide bonds. The number of aliphatic carboxylic acids is 1. The largest absolute Gasteiger partial charge is 0.481 e. The van der Waals surface area contributed by atoms with Gasteiger partial charge in [-0.3, -0.25) is 10.1 Å². The second-order valence-electron chi connectivity index (χ2n) is 5.15. The number of benzene rings is 2. The van der Waals surface area contributed by atoms with E-state index < -0.39 is 11.8 Å². The van der Waals surface area contributed by atoms with Crippen LogP contribution in [-0.4, -0.2) is 21.0 Å². The predicted molar refractivity (Wildman–Crippen MR) is 82.6 cm³/mol. The van der Waals surface area contributed by atoms with Crippen LogP contribution in [0.15, 0.2) is 45.2 Å². The lowest BCUT2D eigenvalue weighted by molar-refractivity contribution is -0.136. The average Bonchev–Trinajstić information content (AvgIpc) is 3.08. The zero-order chi connectivity index (χ0) is 16.7. The van der Waals surface area contributed by atoms with Crippen molar-refractivity contribution in [3.05, 3.63) is 47.8 Å². The lowest BCUT2D eigenvalue weighted by Gasteiger charge is -1.94. The quantitative estimate of drug-likeness (QED) is 0.591. The van der Waals surface area contributed by atoms with Gasteiger partial charge in [-0.1, -0.05) is 6.07 Å². The molecule has 4 rings (SSSR count). The first-order valence-electron chi connectivity index (χ1n) is 7.01. The first-order valence-corrected chi connectivity index (χ1v) is 7.01. The van der Waals surface area contributed by atoms with E-state index in [9.17, 15) is 9.18 Å². The smallest absolute Gasteiger partial charge is 0.307 e. The van der Waals surface area contributed by atoms with Crippen LogP contribution >= 0.6 is 0 Å². The van der Waals surface area contributed by atoms with Crippen molar-refractivity contribution in [2.24, 2.45) is 0 Å². The number of nitrogens with zero attached hydrogens (tertiary/aromatic N) is 2. The first kappa shape index (κ1) is 14.2. The van der Waals surface area contributed by atoms with Crippen LogP contribution in [0.25, 0.3) is 22.2 Å². The number of nitrogens with one attached hydrogen (secondary N) is 1. The van der Waals surface area contributed by atoms with Crippen molar-refractivity contribution in [3.8, 4) is 0 Å². The topological polar surface area (TPSA) is 101 Å². The summed E-state index contributed by atoms with van der Waals surface area (Å²) in [6.45, 7) is 0. The van der Waals surface area contributed by atoms with Crippen molar-refractivity contribution in [3.63, 3.8) is 0 Å². The van der Waals surface area contributed by atoms with Gasteiger partial charge in [-0.2, -0.15) is 9.97 Å². The third kappa shape index (κ3) is 2.65. The molecule has 0 atom stereocenters. The predicted octanol–water partition coefficient (Wildman–Crippen LogP) is 3.48. The molecule has 0 saturated heterocycles. The van der Waals surface area contributed by atoms with E-state index in [0.29, 0.717) is 27.8 Å². The number of hydrogen-bond donors (Lipinski definition) is 2.